The highest BCUT2D eigenvalue weighted by Crippen LogP contribution is 2.00. The van der Waals surface area contributed by atoms with Crippen molar-refractivity contribution in [3.05, 3.63) is 0 Å². The van der Waals surface area contributed by atoms with E-state index < -0.39 is 0 Å². The molecule has 0 bridgehead atoms. The minimum Gasteiger partial charge on any atom is -0.396 e. The maximum absolute atomic E-state index is 8.42. The second-order valence-corrected chi connectivity index (χ2v) is 2.20. The normalized spacial score (nSPS) is 10.7. The van der Waals surface area contributed by atoms with Gasteiger partial charge < -0.3 is 16.6 Å². The van der Waals surface area contributed by atoms with Crippen LogP contribution in [0.3, 0.4) is 0 Å². The van der Waals surface area contributed by atoms with Crippen LogP contribution >= 0.6 is 0 Å². The minimum atomic E-state index is 0.247. The van der Waals surface area contributed by atoms with Crippen LogP contribution in [-0.2, 0) is 0 Å². The lowest BCUT2D eigenvalue weighted by Crippen LogP contribution is -2.23. The van der Waals surface area contributed by atoms with Crippen LogP contribution in [0.1, 0.15) is 12.8 Å². The van der Waals surface area contributed by atoms with E-state index in [-0.39, 0.29) is 6.61 Å². The fraction of sp³-hybridized carbons (Fsp3) is 1.00. The molecule has 0 unspecified atom stereocenters. The molecule has 0 aliphatic rings. The van der Waals surface area contributed by atoms with Crippen molar-refractivity contribution < 1.29 is 5.11 Å². The van der Waals surface area contributed by atoms with E-state index in [2.05, 4.69) is 0 Å². The molecule has 0 saturated heterocycles. The van der Waals surface area contributed by atoms with Crippen molar-refractivity contribution in [1.82, 2.24) is 0 Å². The van der Waals surface area contributed by atoms with E-state index >= 15 is 0 Å². The average Bonchev–Trinajstić information content (AvgIpc) is 1.91. The molecule has 0 heterocycles. The van der Waals surface area contributed by atoms with E-state index in [1.165, 1.54) is 0 Å². The van der Waals surface area contributed by atoms with E-state index in [9.17, 15) is 0 Å². The van der Waals surface area contributed by atoms with E-state index in [1.54, 1.807) is 0 Å². The highest BCUT2D eigenvalue weighted by atomic mass is 16.2. The van der Waals surface area contributed by atoms with Gasteiger partial charge in [0.1, 0.15) is 0 Å². The van der Waals surface area contributed by atoms with Gasteiger partial charge in [0.2, 0.25) is 0 Å². The van der Waals surface area contributed by atoms with Gasteiger partial charge in [0, 0.05) is 6.61 Å². The Labute approximate surface area is 56.0 Å². The summed E-state index contributed by atoms with van der Waals surface area (Å²) in [5.74, 6) is 0.400. The second-order valence-electron chi connectivity index (χ2n) is 2.20. The first-order valence-electron chi connectivity index (χ1n) is 3.36. The summed E-state index contributed by atoms with van der Waals surface area (Å²) in [4.78, 5) is 0. The van der Waals surface area contributed by atoms with Crippen molar-refractivity contribution in [3.8, 4) is 0 Å². The number of aliphatic hydroxyl groups is 1. The molecule has 0 spiro atoms. The van der Waals surface area contributed by atoms with Crippen LogP contribution < -0.4 is 11.5 Å². The standard InChI is InChI=1S/C6H16N2O/c7-4-6(5-8)2-1-3-9/h6,9H,1-5,7-8H2. The fourth-order valence-corrected chi connectivity index (χ4v) is 0.712. The Balaban J connectivity index is 3.09. The molecule has 0 aromatic heterocycles. The van der Waals surface area contributed by atoms with Crippen molar-refractivity contribution in [2.45, 2.75) is 12.8 Å². The molecule has 0 atom stereocenters. The molecule has 0 saturated carbocycles. The van der Waals surface area contributed by atoms with Crippen molar-refractivity contribution in [2.24, 2.45) is 17.4 Å². The first-order chi connectivity index (χ1) is 4.35. The summed E-state index contributed by atoms with van der Waals surface area (Å²) < 4.78 is 0. The Hall–Kier alpha value is -0.120. The first kappa shape index (κ1) is 8.88. The first-order valence-corrected chi connectivity index (χ1v) is 3.36. The summed E-state index contributed by atoms with van der Waals surface area (Å²) in [6.07, 6.45) is 1.77. The number of hydrogen-bond acceptors (Lipinski definition) is 3. The number of rotatable bonds is 5. The molecule has 0 fully saturated rings. The largest absolute Gasteiger partial charge is 0.396 e. The van der Waals surface area contributed by atoms with Crippen LogP contribution in [-0.4, -0.2) is 24.8 Å². The lowest BCUT2D eigenvalue weighted by molar-refractivity contribution is 0.273. The number of nitrogens with two attached hydrogens (primary N) is 2. The van der Waals surface area contributed by atoms with Crippen molar-refractivity contribution in [2.75, 3.05) is 19.7 Å². The lowest BCUT2D eigenvalue weighted by atomic mass is 10.0. The lowest BCUT2D eigenvalue weighted by Gasteiger charge is -2.09. The predicted octanol–water partition coefficient (Wildman–Crippen LogP) is -0.708. The van der Waals surface area contributed by atoms with Crippen LogP contribution in [0.5, 0.6) is 0 Å². The van der Waals surface area contributed by atoms with Crippen LogP contribution in [0.15, 0.2) is 0 Å². The van der Waals surface area contributed by atoms with Gasteiger partial charge in [0.05, 0.1) is 0 Å². The Kier molecular flexibility index (Phi) is 5.93. The van der Waals surface area contributed by atoms with E-state index in [1.807, 2.05) is 0 Å². The zero-order valence-corrected chi connectivity index (χ0v) is 5.71. The molecular formula is C6H16N2O. The fourth-order valence-electron chi connectivity index (χ4n) is 0.712. The van der Waals surface area contributed by atoms with E-state index in [0.29, 0.717) is 19.0 Å². The van der Waals surface area contributed by atoms with E-state index in [0.717, 1.165) is 12.8 Å². The zero-order valence-electron chi connectivity index (χ0n) is 5.71. The third-order valence-corrected chi connectivity index (χ3v) is 1.44. The Morgan fingerprint density at radius 3 is 2.11 bits per heavy atom. The van der Waals surface area contributed by atoms with Crippen LogP contribution in [0.4, 0.5) is 0 Å². The third kappa shape index (κ3) is 4.39. The van der Waals surface area contributed by atoms with Gasteiger partial charge in [-0.1, -0.05) is 0 Å². The van der Waals surface area contributed by atoms with Gasteiger partial charge >= 0.3 is 0 Å². The quantitative estimate of drug-likeness (QED) is 0.463. The van der Waals surface area contributed by atoms with Crippen LogP contribution in [0.25, 0.3) is 0 Å². The second kappa shape index (κ2) is 6.01. The van der Waals surface area contributed by atoms with Crippen LogP contribution in [0.2, 0.25) is 0 Å². The van der Waals surface area contributed by atoms with Gasteiger partial charge in [0.15, 0.2) is 0 Å². The third-order valence-electron chi connectivity index (χ3n) is 1.44. The maximum atomic E-state index is 8.42. The summed E-state index contributed by atoms with van der Waals surface area (Å²) in [5.41, 5.74) is 10.7. The molecule has 0 aliphatic heterocycles. The van der Waals surface area contributed by atoms with Crippen molar-refractivity contribution >= 4 is 0 Å². The van der Waals surface area contributed by atoms with Gasteiger partial charge in [0.25, 0.3) is 0 Å². The van der Waals surface area contributed by atoms with Gasteiger partial charge in [-0.3, -0.25) is 0 Å². The Morgan fingerprint density at radius 2 is 1.78 bits per heavy atom. The van der Waals surface area contributed by atoms with Gasteiger partial charge in [-0.15, -0.1) is 0 Å². The molecule has 0 rings (SSSR count). The number of hydrogen-bond donors (Lipinski definition) is 3. The molecule has 0 amide bonds. The van der Waals surface area contributed by atoms with E-state index in [4.69, 9.17) is 16.6 Å². The summed E-state index contributed by atoms with van der Waals surface area (Å²) in [7, 11) is 0. The monoisotopic (exact) mass is 132 g/mol. The molecule has 0 aromatic carbocycles. The van der Waals surface area contributed by atoms with Crippen LogP contribution in [0, 0.1) is 5.92 Å². The van der Waals surface area contributed by atoms with Crippen molar-refractivity contribution in [1.29, 1.82) is 0 Å². The predicted molar refractivity (Wildman–Crippen MR) is 37.9 cm³/mol. The smallest absolute Gasteiger partial charge is 0.0431 e. The maximum Gasteiger partial charge on any atom is 0.0431 e. The molecule has 3 heteroatoms. The summed E-state index contributed by atoms with van der Waals surface area (Å²) in [5, 5.41) is 8.42. The summed E-state index contributed by atoms with van der Waals surface area (Å²) in [6, 6.07) is 0. The average molecular weight is 132 g/mol. The summed E-state index contributed by atoms with van der Waals surface area (Å²) >= 11 is 0. The molecule has 3 nitrogen and oxygen atoms in total. The minimum absolute atomic E-state index is 0.247. The molecular weight excluding hydrogens is 116 g/mol. The molecule has 0 radical (unpaired) electrons. The topological polar surface area (TPSA) is 72.3 Å². The van der Waals surface area contributed by atoms with Gasteiger partial charge in [-0.2, -0.15) is 0 Å². The molecule has 56 valence electrons. The SMILES string of the molecule is NCC(CN)CCCO. The highest BCUT2D eigenvalue weighted by Gasteiger charge is 2.01. The molecule has 5 N–H and O–H groups in total. The molecule has 0 aliphatic carbocycles. The number of aliphatic hydroxyl groups excluding tert-OH is 1. The van der Waals surface area contributed by atoms with Gasteiger partial charge in [-0.05, 0) is 31.8 Å². The Bertz CT molecular complexity index is 55.0. The molecule has 0 aromatic rings. The molecule has 9 heavy (non-hydrogen) atoms. The van der Waals surface area contributed by atoms with Crippen molar-refractivity contribution in [3.63, 3.8) is 0 Å². The Morgan fingerprint density at radius 1 is 1.22 bits per heavy atom. The van der Waals surface area contributed by atoms with Gasteiger partial charge in [-0.25, -0.2) is 0 Å². The summed E-state index contributed by atoms with van der Waals surface area (Å²) in [6.45, 7) is 1.52. The highest BCUT2D eigenvalue weighted by molar-refractivity contribution is 4.59. The zero-order chi connectivity index (χ0) is 7.11.